The maximum atomic E-state index is 12.8. The van der Waals surface area contributed by atoms with Crippen LogP contribution in [-0.2, 0) is 14.8 Å². The second-order valence-corrected chi connectivity index (χ2v) is 9.11. The van der Waals surface area contributed by atoms with Crippen molar-refractivity contribution in [2.45, 2.75) is 31.6 Å². The predicted molar refractivity (Wildman–Crippen MR) is 115 cm³/mol. The standard InChI is InChI=1S/C22H30N2O4S/c1-16(2)21(18-8-6-5-7-9-18)15-23-22(25)20-14-19(11-10-17(20)3)29(26,27)24-12-13-28-4/h5-11,14,16,21,24H,12-13,15H2,1-4H3,(H,23,25). The number of carbonyl (C=O) groups is 1. The summed E-state index contributed by atoms with van der Waals surface area (Å²) in [7, 11) is -2.20. The number of amides is 1. The minimum atomic E-state index is -3.70. The van der Waals surface area contributed by atoms with Gasteiger partial charge < -0.3 is 10.1 Å². The summed E-state index contributed by atoms with van der Waals surface area (Å²) in [5, 5.41) is 2.98. The van der Waals surface area contributed by atoms with Crippen molar-refractivity contribution in [3.8, 4) is 0 Å². The smallest absolute Gasteiger partial charge is 0.251 e. The predicted octanol–water partition coefficient (Wildman–Crippen LogP) is 3.09. The van der Waals surface area contributed by atoms with Crippen molar-refractivity contribution in [1.82, 2.24) is 10.0 Å². The Morgan fingerprint density at radius 2 is 1.79 bits per heavy atom. The molecule has 7 heteroatoms. The van der Waals surface area contributed by atoms with Crippen LogP contribution in [0.3, 0.4) is 0 Å². The fourth-order valence-corrected chi connectivity index (χ4v) is 4.15. The summed E-state index contributed by atoms with van der Waals surface area (Å²) in [5.74, 6) is 0.233. The molecule has 2 aromatic carbocycles. The van der Waals surface area contributed by atoms with Crippen LogP contribution in [0.2, 0.25) is 0 Å². The molecule has 0 saturated heterocycles. The number of hydrogen-bond donors (Lipinski definition) is 2. The molecule has 2 N–H and O–H groups in total. The molecular formula is C22H30N2O4S. The molecule has 0 radical (unpaired) electrons. The van der Waals surface area contributed by atoms with Crippen LogP contribution in [-0.4, -0.2) is 41.1 Å². The molecule has 0 bridgehead atoms. The van der Waals surface area contributed by atoms with E-state index >= 15 is 0 Å². The van der Waals surface area contributed by atoms with Crippen LogP contribution in [0.4, 0.5) is 0 Å². The summed E-state index contributed by atoms with van der Waals surface area (Å²) in [6, 6.07) is 14.6. The first-order chi connectivity index (χ1) is 13.8. The highest BCUT2D eigenvalue weighted by molar-refractivity contribution is 7.89. The van der Waals surface area contributed by atoms with E-state index in [0.717, 1.165) is 11.1 Å². The van der Waals surface area contributed by atoms with Crippen molar-refractivity contribution in [3.63, 3.8) is 0 Å². The summed E-state index contributed by atoms with van der Waals surface area (Å²) in [5.41, 5.74) is 2.24. The average Bonchev–Trinajstić information content (AvgIpc) is 2.69. The number of ether oxygens (including phenoxy) is 1. The van der Waals surface area contributed by atoms with Crippen LogP contribution < -0.4 is 10.0 Å². The zero-order valence-corrected chi connectivity index (χ0v) is 18.3. The maximum absolute atomic E-state index is 12.8. The number of hydrogen-bond acceptors (Lipinski definition) is 4. The van der Waals surface area contributed by atoms with Gasteiger partial charge in [0.25, 0.3) is 5.91 Å². The highest BCUT2D eigenvalue weighted by Crippen LogP contribution is 2.24. The Balaban J connectivity index is 2.16. The molecular weight excluding hydrogens is 388 g/mol. The Kier molecular flexibility index (Phi) is 8.37. The lowest BCUT2D eigenvalue weighted by atomic mass is 9.88. The average molecular weight is 419 g/mol. The Morgan fingerprint density at radius 1 is 1.10 bits per heavy atom. The molecule has 0 saturated carbocycles. The number of rotatable bonds is 10. The lowest BCUT2D eigenvalue weighted by Gasteiger charge is -2.22. The van der Waals surface area contributed by atoms with Crippen LogP contribution in [0.5, 0.6) is 0 Å². The molecule has 2 rings (SSSR count). The molecule has 2 aromatic rings. The summed E-state index contributed by atoms with van der Waals surface area (Å²) < 4.78 is 32.2. The second-order valence-electron chi connectivity index (χ2n) is 7.34. The highest BCUT2D eigenvalue weighted by atomic mass is 32.2. The van der Waals surface area contributed by atoms with Gasteiger partial charge in [-0.1, -0.05) is 50.2 Å². The quantitative estimate of drug-likeness (QED) is 0.581. The third kappa shape index (κ3) is 6.39. The summed E-state index contributed by atoms with van der Waals surface area (Å²) in [6.07, 6.45) is 0. The minimum absolute atomic E-state index is 0.0628. The third-order valence-electron chi connectivity index (χ3n) is 4.88. The molecule has 0 aliphatic carbocycles. The number of aryl methyl sites for hydroxylation is 1. The van der Waals surface area contributed by atoms with Crippen LogP contribution in [0.1, 0.15) is 41.3 Å². The van der Waals surface area contributed by atoms with Gasteiger partial charge in [-0.25, -0.2) is 13.1 Å². The number of carbonyl (C=O) groups excluding carboxylic acids is 1. The first-order valence-electron chi connectivity index (χ1n) is 9.68. The van der Waals surface area contributed by atoms with E-state index < -0.39 is 10.0 Å². The van der Waals surface area contributed by atoms with E-state index in [-0.39, 0.29) is 29.9 Å². The van der Waals surface area contributed by atoms with Crippen molar-refractivity contribution < 1.29 is 17.9 Å². The maximum Gasteiger partial charge on any atom is 0.251 e. The molecule has 0 heterocycles. The van der Waals surface area contributed by atoms with Gasteiger partial charge in [0, 0.05) is 31.7 Å². The Labute approximate surface area is 173 Å². The lowest BCUT2D eigenvalue weighted by molar-refractivity contribution is 0.0948. The van der Waals surface area contributed by atoms with E-state index in [2.05, 4.69) is 36.0 Å². The van der Waals surface area contributed by atoms with E-state index in [4.69, 9.17) is 4.74 Å². The number of benzene rings is 2. The van der Waals surface area contributed by atoms with Gasteiger partial charge in [0.1, 0.15) is 0 Å². The lowest BCUT2D eigenvalue weighted by Crippen LogP contribution is -2.31. The van der Waals surface area contributed by atoms with Crippen LogP contribution in [0.15, 0.2) is 53.4 Å². The highest BCUT2D eigenvalue weighted by Gasteiger charge is 2.20. The molecule has 6 nitrogen and oxygen atoms in total. The van der Waals surface area contributed by atoms with E-state index in [9.17, 15) is 13.2 Å². The first-order valence-corrected chi connectivity index (χ1v) is 11.2. The first kappa shape index (κ1) is 23.1. The fourth-order valence-electron chi connectivity index (χ4n) is 3.11. The molecule has 1 amide bonds. The monoisotopic (exact) mass is 418 g/mol. The Hall–Kier alpha value is -2.22. The molecule has 29 heavy (non-hydrogen) atoms. The molecule has 1 atom stereocenters. The van der Waals surface area contributed by atoms with Gasteiger partial charge in [-0.15, -0.1) is 0 Å². The summed E-state index contributed by atoms with van der Waals surface area (Å²) in [4.78, 5) is 12.9. The van der Waals surface area contributed by atoms with Gasteiger partial charge >= 0.3 is 0 Å². The van der Waals surface area contributed by atoms with E-state index in [1.165, 1.54) is 19.2 Å². The largest absolute Gasteiger partial charge is 0.383 e. The van der Waals surface area contributed by atoms with Crippen LogP contribution >= 0.6 is 0 Å². The zero-order valence-electron chi connectivity index (χ0n) is 17.4. The molecule has 0 aliphatic heterocycles. The molecule has 1 unspecified atom stereocenters. The molecule has 0 aromatic heterocycles. The van der Waals surface area contributed by atoms with Gasteiger partial charge in [0.15, 0.2) is 0 Å². The van der Waals surface area contributed by atoms with E-state index in [0.29, 0.717) is 18.0 Å². The number of methoxy groups -OCH3 is 1. The van der Waals surface area contributed by atoms with E-state index in [1.54, 1.807) is 13.0 Å². The normalized spacial score (nSPS) is 12.7. The topological polar surface area (TPSA) is 84.5 Å². The SMILES string of the molecule is COCCNS(=O)(=O)c1ccc(C)c(C(=O)NCC(c2ccccc2)C(C)C)c1. The molecule has 158 valence electrons. The van der Waals surface area contributed by atoms with Gasteiger partial charge in [-0.2, -0.15) is 0 Å². The second kappa shape index (κ2) is 10.5. The Morgan fingerprint density at radius 3 is 2.41 bits per heavy atom. The van der Waals surface area contributed by atoms with Gasteiger partial charge in [0.2, 0.25) is 10.0 Å². The van der Waals surface area contributed by atoms with Crippen LogP contribution in [0, 0.1) is 12.8 Å². The summed E-state index contributed by atoms with van der Waals surface area (Å²) >= 11 is 0. The van der Waals surface area contributed by atoms with Gasteiger partial charge in [0.05, 0.1) is 11.5 Å². The minimum Gasteiger partial charge on any atom is -0.383 e. The van der Waals surface area contributed by atoms with Crippen molar-refractivity contribution in [3.05, 3.63) is 65.2 Å². The van der Waals surface area contributed by atoms with Crippen molar-refractivity contribution in [1.29, 1.82) is 0 Å². The number of nitrogens with one attached hydrogen (secondary N) is 2. The van der Waals surface area contributed by atoms with Gasteiger partial charge in [-0.3, -0.25) is 4.79 Å². The third-order valence-corrected chi connectivity index (χ3v) is 6.34. The van der Waals surface area contributed by atoms with Crippen molar-refractivity contribution >= 4 is 15.9 Å². The van der Waals surface area contributed by atoms with Crippen LogP contribution in [0.25, 0.3) is 0 Å². The van der Waals surface area contributed by atoms with Crippen molar-refractivity contribution in [2.24, 2.45) is 5.92 Å². The Bertz CT molecular complexity index is 912. The van der Waals surface area contributed by atoms with Gasteiger partial charge in [-0.05, 0) is 36.1 Å². The fraction of sp³-hybridized carbons (Fsp3) is 0.409. The molecule has 0 spiro atoms. The number of sulfonamides is 1. The zero-order chi connectivity index (χ0) is 21.4. The molecule has 0 aliphatic rings. The summed E-state index contributed by atoms with van der Waals surface area (Å²) in [6.45, 7) is 6.95. The van der Waals surface area contributed by atoms with E-state index in [1.807, 2.05) is 18.2 Å². The van der Waals surface area contributed by atoms with Crippen molar-refractivity contribution in [2.75, 3.05) is 26.8 Å². The molecule has 0 fully saturated rings.